The summed E-state index contributed by atoms with van der Waals surface area (Å²) in [6, 6.07) is 0. The Morgan fingerprint density at radius 3 is 1.84 bits per heavy atom. The van der Waals surface area contributed by atoms with Crippen molar-refractivity contribution in [1.82, 2.24) is 0 Å². The molecule has 12 N–H and O–H groups in total. The van der Waals surface area contributed by atoms with Crippen LogP contribution >= 0.6 is 0 Å². The van der Waals surface area contributed by atoms with Gasteiger partial charge in [0.15, 0.2) is 24.7 Å². The number of aliphatic hydroxyl groups excluding tert-OH is 10. The number of allylic oxidation sites excluding steroid dienone is 1. The maximum atomic E-state index is 12.5. The fraction of sp³-hybridized carbons (Fsp3) is 0.958. The Kier molecular flexibility index (Phi) is 14.2. The van der Waals surface area contributed by atoms with Gasteiger partial charge in [-0.1, -0.05) is 46.3 Å². The van der Waals surface area contributed by atoms with Crippen molar-refractivity contribution >= 4 is 0 Å². The van der Waals surface area contributed by atoms with Gasteiger partial charge >= 0.3 is 0 Å². The van der Waals surface area contributed by atoms with Crippen LogP contribution < -0.4 is 0 Å². The average Bonchev–Trinajstić information content (AvgIpc) is 3.59. The van der Waals surface area contributed by atoms with Gasteiger partial charge in [0.1, 0.15) is 73.2 Å². The fourth-order valence-electron chi connectivity index (χ4n) is 15.4. The van der Waals surface area contributed by atoms with Crippen molar-refractivity contribution in [1.29, 1.82) is 0 Å². The van der Waals surface area contributed by atoms with Crippen LogP contribution in [0.15, 0.2) is 11.6 Å². The Balaban J connectivity index is 1.08. The van der Waals surface area contributed by atoms with Gasteiger partial charge in [0.2, 0.25) is 0 Å². The molecule has 19 nitrogen and oxygen atoms in total. The van der Waals surface area contributed by atoms with Crippen LogP contribution in [0.2, 0.25) is 0 Å². The normalized spacial score (nSPS) is 57.2. The van der Waals surface area contributed by atoms with Gasteiger partial charge in [-0.25, -0.2) is 0 Å². The summed E-state index contributed by atoms with van der Waals surface area (Å²) in [6.45, 7) is 16.5. The second kappa shape index (κ2) is 18.2. The largest absolute Gasteiger partial charge is 0.394 e. The van der Waals surface area contributed by atoms with Crippen LogP contribution in [0.25, 0.3) is 0 Å². The third-order valence-electron chi connectivity index (χ3n) is 19.3. The van der Waals surface area contributed by atoms with E-state index >= 15 is 0 Å². The lowest BCUT2D eigenvalue weighted by molar-refractivity contribution is -0.398. The third-order valence-corrected chi connectivity index (χ3v) is 19.3. The van der Waals surface area contributed by atoms with E-state index < -0.39 is 157 Å². The van der Waals surface area contributed by atoms with Crippen molar-refractivity contribution in [3.8, 4) is 0 Å². The minimum absolute atomic E-state index is 0.0373. The van der Waals surface area contributed by atoms with Crippen molar-refractivity contribution in [2.24, 2.45) is 45.3 Å². The zero-order chi connectivity index (χ0) is 49.3. The number of aliphatic hydroxyl groups is 12. The Morgan fingerprint density at radius 1 is 0.627 bits per heavy atom. The minimum atomic E-state index is -1.93. The van der Waals surface area contributed by atoms with E-state index in [1.807, 2.05) is 19.9 Å². The molecule has 8 aliphatic rings. The van der Waals surface area contributed by atoms with Crippen LogP contribution in [-0.4, -0.2) is 196 Å². The van der Waals surface area contributed by atoms with E-state index in [4.69, 9.17) is 33.2 Å². The number of hydrogen-bond acceptors (Lipinski definition) is 19. The highest BCUT2D eigenvalue weighted by atomic mass is 16.8. The summed E-state index contributed by atoms with van der Waals surface area (Å²) in [5, 5.41) is 134. The first-order valence-corrected chi connectivity index (χ1v) is 24.5. The lowest BCUT2D eigenvalue weighted by Gasteiger charge is -2.70. The molecule has 8 fully saturated rings. The Morgan fingerprint density at radius 2 is 1.21 bits per heavy atom. The molecule has 0 aromatic heterocycles. The maximum absolute atomic E-state index is 12.5. The van der Waals surface area contributed by atoms with Gasteiger partial charge in [0.05, 0.1) is 43.0 Å². The zero-order valence-corrected chi connectivity index (χ0v) is 40.4. The van der Waals surface area contributed by atoms with Crippen LogP contribution in [0.3, 0.4) is 0 Å². The predicted octanol–water partition coefficient (Wildman–Crippen LogP) is -0.692. The molecule has 4 saturated carbocycles. The number of rotatable bonds is 10. The smallest absolute Gasteiger partial charge is 0.198 e. The fourth-order valence-corrected chi connectivity index (χ4v) is 15.4. The monoisotopic (exact) mass is 961 g/mol. The first kappa shape index (κ1) is 52.3. The number of ether oxygens (including phenoxy) is 7. The quantitative estimate of drug-likeness (QED) is 0.0953. The molecule has 386 valence electrons. The van der Waals surface area contributed by atoms with Crippen LogP contribution in [0.1, 0.15) is 107 Å². The first-order valence-electron chi connectivity index (χ1n) is 24.5. The van der Waals surface area contributed by atoms with Crippen molar-refractivity contribution < 1.29 is 94.4 Å². The summed E-state index contributed by atoms with van der Waals surface area (Å²) in [7, 11) is 0. The van der Waals surface area contributed by atoms with Gasteiger partial charge in [-0.2, -0.15) is 0 Å². The van der Waals surface area contributed by atoms with Crippen LogP contribution in [-0.2, 0) is 33.2 Å². The molecule has 19 heteroatoms. The average molecular weight is 961 g/mol. The molecule has 0 aromatic rings. The topological polar surface area (TPSA) is 307 Å². The van der Waals surface area contributed by atoms with E-state index in [1.165, 1.54) is 6.92 Å². The van der Waals surface area contributed by atoms with Crippen LogP contribution in [0.4, 0.5) is 0 Å². The maximum Gasteiger partial charge on any atom is 0.198 e. The molecule has 8 rings (SSSR count). The highest BCUT2D eigenvalue weighted by Gasteiger charge is 2.81. The van der Waals surface area contributed by atoms with E-state index in [1.54, 1.807) is 6.92 Å². The van der Waals surface area contributed by atoms with Crippen LogP contribution in [0, 0.1) is 45.3 Å². The third kappa shape index (κ3) is 7.87. The number of fused-ring (bicyclic) bond motifs is 7. The molecule has 0 amide bonds. The SMILES string of the molecule is CC(C)=CC[C@H]1O[C@]2(O)[C@@H]([C@H]3CC[C@@H]4[C@@]5(C)CC[C@H](O[C@@H]6O[C@H](CO)[C@@H](O)[C@H](O[C@@H]7O[C@H](CO)[C@@H](O)[C@H](O)[C@H]7O)[C@H]6O[C@@H]6O[C@@H](C)[C@H](O)[C@@H](O)[C@H]6O)C(C)(C)[C@@H]5CC[C@@]4(C)[C@]3(C)[C@H]2O)[C@@]1(C)O. The minimum Gasteiger partial charge on any atom is -0.394 e. The van der Waals surface area contributed by atoms with Crippen molar-refractivity contribution in [2.75, 3.05) is 13.2 Å². The molecule has 67 heavy (non-hydrogen) atoms. The summed E-state index contributed by atoms with van der Waals surface area (Å²) in [4.78, 5) is 0. The summed E-state index contributed by atoms with van der Waals surface area (Å²) >= 11 is 0. The van der Waals surface area contributed by atoms with E-state index in [0.29, 0.717) is 32.1 Å². The molecule has 0 radical (unpaired) electrons. The zero-order valence-electron chi connectivity index (χ0n) is 40.4. The first-order chi connectivity index (χ1) is 31.2. The highest BCUT2D eigenvalue weighted by molar-refractivity contribution is 5.27. The second-order valence-corrected chi connectivity index (χ2v) is 23.3. The molecular weight excluding hydrogens is 881 g/mol. The van der Waals surface area contributed by atoms with Gasteiger partial charge in [-0.05, 0) is 107 Å². The van der Waals surface area contributed by atoms with E-state index in [2.05, 4.69) is 34.6 Å². The van der Waals surface area contributed by atoms with Crippen molar-refractivity contribution in [2.45, 2.75) is 229 Å². The Bertz CT molecular complexity index is 1800. The van der Waals surface area contributed by atoms with Gasteiger partial charge < -0.3 is 94.4 Å². The summed E-state index contributed by atoms with van der Waals surface area (Å²) in [6.07, 6.45) is -20.1. The molecule has 0 aromatic carbocycles. The van der Waals surface area contributed by atoms with Gasteiger partial charge in [0.25, 0.3) is 0 Å². The molecule has 4 heterocycles. The molecule has 4 aliphatic heterocycles. The molecule has 4 saturated heterocycles. The Labute approximate surface area is 392 Å². The van der Waals surface area contributed by atoms with Gasteiger partial charge in [-0.15, -0.1) is 0 Å². The van der Waals surface area contributed by atoms with Crippen molar-refractivity contribution in [3.63, 3.8) is 0 Å². The molecule has 4 aliphatic carbocycles. The predicted molar refractivity (Wildman–Crippen MR) is 233 cm³/mol. The summed E-state index contributed by atoms with van der Waals surface area (Å²) in [5.41, 5.74) is -2.50. The molecule has 0 bridgehead atoms. The van der Waals surface area contributed by atoms with E-state index in [-0.39, 0.29) is 23.2 Å². The van der Waals surface area contributed by atoms with E-state index in [0.717, 1.165) is 18.4 Å². The van der Waals surface area contributed by atoms with E-state index in [9.17, 15) is 61.3 Å². The summed E-state index contributed by atoms with van der Waals surface area (Å²) < 4.78 is 43.6. The molecule has 0 spiro atoms. The van der Waals surface area contributed by atoms with Gasteiger partial charge in [-0.3, -0.25) is 0 Å². The molecule has 27 atom stereocenters. The molecule has 0 unspecified atom stereocenters. The van der Waals surface area contributed by atoms with Crippen LogP contribution in [0.5, 0.6) is 0 Å². The molecular formula is C48H80O19. The van der Waals surface area contributed by atoms with Gasteiger partial charge in [0, 0.05) is 5.41 Å². The lowest BCUT2D eigenvalue weighted by Crippen LogP contribution is -2.68. The Hall–Kier alpha value is -1.02. The highest BCUT2D eigenvalue weighted by Crippen LogP contribution is 2.78. The summed E-state index contributed by atoms with van der Waals surface area (Å²) in [5.74, 6) is -2.72. The standard InChI is InChI=1S/C48H80O19/c1-20(2)10-13-28-47(9,59)38-22-11-12-26-44(6)16-15-27(43(4,5)25(44)14-17-45(26,7)46(22,8)42(58)48(38,60)67-28)64-41-37(66-39-34(56)32(54)29(51)21(3)61-39)36(31(53)24(19-50)63-41)65-40-35(57)33(55)30(52)23(18-49)62-40/h10,21-42,49-60H,11-19H2,1-9H3/t21-,22+,23+,24+,25-,26+,27-,28+,29-,30+,31+,32+,33-,34+,35+,36-,37+,38-,39-,40-,41-,42+,44-,45+,46-,47-,48+/m0/s1. The second-order valence-electron chi connectivity index (χ2n) is 23.3. The lowest BCUT2D eigenvalue weighted by atomic mass is 9.35. The van der Waals surface area contributed by atoms with Crippen molar-refractivity contribution in [3.05, 3.63) is 11.6 Å². The number of hydrogen-bond donors (Lipinski definition) is 12.